The van der Waals surface area contributed by atoms with Crippen molar-refractivity contribution in [2.45, 2.75) is 7.43 Å². The maximum absolute atomic E-state index is 12.4. The highest BCUT2D eigenvalue weighted by Gasteiger charge is 2.28. The molecule has 5 heteroatoms. The molecule has 0 amide bonds. The Hall–Kier alpha value is -4.22. The number of carbonyl (C=O) groups is 3. The molecule has 4 nitrogen and oxygen atoms in total. The molecule has 2 aliphatic carbocycles. The molecule has 0 aliphatic heterocycles. The van der Waals surface area contributed by atoms with Crippen LogP contribution in [0, 0.1) is 0 Å². The first kappa shape index (κ1) is 21.6. The first-order valence-corrected chi connectivity index (χ1v) is 11.2. The van der Waals surface area contributed by atoms with Crippen molar-refractivity contribution in [2.75, 3.05) is 0 Å². The molecule has 0 radical (unpaired) electrons. The zero-order valence-corrected chi connectivity index (χ0v) is 18.1. The van der Waals surface area contributed by atoms with Gasteiger partial charge in [0.05, 0.1) is 10.4 Å². The fourth-order valence-corrected chi connectivity index (χ4v) is 5.26. The summed E-state index contributed by atoms with van der Waals surface area (Å²) in [7, 11) is 0. The topological polar surface area (TPSA) is 64.1 Å². The van der Waals surface area contributed by atoms with Gasteiger partial charge in [0.15, 0.2) is 17.3 Å². The zero-order chi connectivity index (χ0) is 22.5. The fraction of sp³-hybridized carbons (Fsp3) is 0.0345. The van der Waals surface area contributed by atoms with Crippen LogP contribution in [0.5, 0.6) is 0 Å². The summed E-state index contributed by atoms with van der Waals surface area (Å²) < 4.78 is 5.57. The molecule has 1 heterocycles. The van der Waals surface area contributed by atoms with E-state index in [0.29, 0.717) is 22.3 Å². The number of nitrogens with zero attached hydrogens (tertiary/aromatic N) is 1. The fourth-order valence-electron chi connectivity index (χ4n) is 4.45. The number of benzene rings is 4. The largest absolute Gasteiger partial charge is 0.289 e. The van der Waals surface area contributed by atoms with Crippen molar-refractivity contribution >= 4 is 39.0 Å². The third-order valence-corrected chi connectivity index (χ3v) is 6.81. The van der Waals surface area contributed by atoms with Gasteiger partial charge in [-0.2, -0.15) is 4.37 Å². The summed E-state index contributed by atoms with van der Waals surface area (Å²) >= 11 is 1.46. The first-order chi connectivity index (χ1) is 16.1. The molecule has 2 aliphatic rings. The van der Waals surface area contributed by atoms with Crippen LogP contribution >= 0.6 is 11.5 Å². The lowest BCUT2D eigenvalue weighted by molar-refractivity contribution is 0.0979. The highest BCUT2D eigenvalue weighted by Crippen LogP contribution is 2.40. The molecule has 7 rings (SSSR count). The van der Waals surface area contributed by atoms with Crippen LogP contribution in [0.1, 0.15) is 55.2 Å². The van der Waals surface area contributed by atoms with Gasteiger partial charge >= 0.3 is 0 Å². The van der Waals surface area contributed by atoms with Crippen molar-refractivity contribution in [2.24, 2.45) is 0 Å². The number of hydrogen-bond donors (Lipinski definition) is 0. The molecular weight excluding hydrogens is 442 g/mol. The summed E-state index contributed by atoms with van der Waals surface area (Å²) in [6, 6.07) is 27.4. The van der Waals surface area contributed by atoms with Crippen LogP contribution in [-0.2, 0) is 0 Å². The van der Waals surface area contributed by atoms with Crippen LogP contribution in [0.3, 0.4) is 0 Å². The van der Waals surface area contributed by atoms with Crippen LogP contribution in [0.25, 0.3) is 21.3 Å². The predicted octanol–water partition coefficient (Wildman–Crippen LogP) is 6.61. The highest BCUT2D eigenvalue weighted by molar-refractivity contribution is 7.13. The third-order valence-electron chi connectivity index (χ3n) is 6.00. The Balaban J connectivity index is 0.000000138. The summed E-state index contributed by atoms with van der Waals surface area (Å²) in [5.41, 5.74) is 5.48. The van der Waals surface area contributed by atoms with E-state index in [9.17, 15) is 14.4 Å². The molecular formula is C29H19NO3S. The maximum Gasteiger partial charge on any atom is 0.194 e. The Bertz CT molecular complexity index is 1520. The third kappa shape index (κ3) is 3.13. The minimum Gasteiger partial charge on any atom is -0.289 e. The van der Waals surface area contributed by atoms with Crippen molar-refractivity contribution in [3.8, 4) is 11.3 Å². The molecule has 4 aromatic carbocycles. The average molecular weight is 462 g/mol. The Morgan fingerprint density at radius 3 is 1.35 bits per heavy atom. The Kier molecular flexibility index (Phi) is 5.27. The van der Waals surface area contributed by atoms with E-state index in [2.05, 4.69) is 4.37 Å². The summed E-state index contributed by atoms with van der Waals surface area (Å²) in [4.78, 5) is 36.6. The van der Waals surface area contributed by atoms with Crippen molar-refractivity contribution in [1.82, 2.24) is 4.37 Å². The van der Waals surface area contributed by atoms with Crippen LogP contribution in [0.4, 0.5) is 0 Å². The number of rotatable bonds is 0. The number of hydrogen-bond acceptors (Lipinski definition) is 5. The minimum absolute atomic E-state index is 0. The monoisotopic (exact) mass is 461 g/mol. The highest BCUT2D eigenvalue weighted by atomic mass is 32.1. The minimum atomic E-state index is -0.0641. The Morgan fingerprint density at radius 1 is 0.471 bits per heavy atom. The maximum atomic E-state index is 12.4. The van der Waals surface area contributed by atoms with E-state index >= 15 is 0 Å². The van der Waals surface area contributed by atoms with Gasteiger partial charge in [-0.05, 0) is 17.6 Å². The standard InChI is InChI=1S/C14H7NOS.C14H8O2.CH4/c16-14-9-5-2-1-4-8(9)13-12-10(14)6-3-7-11(12)17-15-13;15-13-9-5-1-2-6-10(9)14(16)12-8-4-3-7-11(12)13;/h1-7H;1-8H;1H4. The molecule has 0 saturated heterocycles. The van der Waals surface area contributed by atoms with Gasteiger partial charge in [-0.1, -0.05) is 92.4 Å². The molecule has 0 saturated carbocycles. The van der Waals surface area contributed by atoms with Gasteiger partial charge in [0.25, 0.3) is 0 Å². The summed E-state index contributed by atoms with van der Waals surface area (Å²) in [5, 5.41) is 1.02. The molecule has 1 aromatic heterocycles. The lowest BCUT2D eigenvalue weighted by atomic mass is 9.84. The molecule has 0 N–H and O–H groups in total. The smallest absolute Gasteiger partial charge is 0.194 e. The van der Waals surface area contributed by atoms with Gasteiger partial charge in [0.2, 0.25) is 0 Å². The number of carbonyl (C=O) groups excluding carboxylic acids is 3. The lowest BCUT2D eigenvalue weighted by Crippen LogP contribution is -2.20. The quantitative estimate of drug-likeness (QED) is 0.255. The molecule has 0 spiro atoms. The van der Waals surface area contributed by atoms with Gasteiger partial charge in [-0.3, -0.25) is 14.4 Å². The van der Waals surface area contributed by atoms with Crippen molar-refractivity contribution in [3.05, 3.63) is 124 Å². The molecule has 5 aromatic rings. The SMILES string of the molecule is C.O=C1c2ccccc2-c2nsc3cccc1c23.O=C1c2ccccc2C(=O)c2ccccc21. The summed E-state index contributed by atoms with van der Waals surface area (Å²) in [6.45, 7) is 0. The average Bonchev–Trinajstić information content (AvgIpc) is 3.31. The van der Waals surface area contributed by atoms with E-state index in [0.717, 1.165) is 32.5 Å². The van der Waals surface area contributed by atoms with Crippen LogP contribution in [-0.4, -0.2) is 21.7 Å². The van der Waals surface area contributed by atoms with Gasteiger partial charge in [0, 0.05) is 44.3 Å². The summed E-state index contributed by atoms with van der Waals surface area (Å²) in [6.07, 6.45) is 0. The van der Waals surface area contributed by atoms with E-state index in [-0.39, 0.29) is 24.8 Å². The van der Waals surface area contributed by atoms with E-state index < -0.39 is 0 Å². The first-order valence-electron chi connectivity index (χ1n) is 10.4. The lowest BCUT2D eigenvalue weighted by Gasteiger charge is -2.16. The number of fused-ring (bicyclic) bond motifs is 4. The second kappa shape index (κ2) is 8.28. The van der Waals surface area contributed by atoms with Crippen LogP contribution in [0.2, 0.25) is 0 Å². The van der Waals surface area contributed by atoms with Gasteiger partial charge in [0.1, 0.15) is 0 Å². The van der Waals surface area contributed by atoms with Crippen molar-refractivity contribution in [3.63, 3.8) is 0 Å². The van der Waals surface area contributed by atoms with Crippen LogP contribution < -0.4 is 0 Å². The predicted molar refractivity (Wildman–Crippen MR) is 135 cm³/mol. The second-order valence-electron chi connectivity index (χ2n) is 7.83. The van der Waals surface area contributed by atoms with E-state index in [4.69, 9.17) is 0 Å². The molecule has 0 fully saturated rings. The molecule has 0 bridgehead atoms. The van der Waals surface area contributed by atoms with Gasteiger partial charge < -0.3 is 0 Å². The second-order valence-corrected chi connectivity index (χ2v) is 8.64. The number of ketones is 3. The summed E-state index contributed by atoms with van der Waals surface area (Å²) in [5.74, 6) is -0.0181. The normalized spacial score (nSPS) is 12.6. The van der Waals surface area contributed by atoms with E-state index in [1.54, 1.807) is 48.5 Å². The van der Waals surface area contributed by atoms with Gasteiger partial charge in [-0.25, -0.2) is 0 Å². The van der Waals surface area contributed by atoms with Crippen LogP contribution in [0.15, 0.2) is 91.0 Å². The number of aromatic nitrogens is 1. The molecule has 0 unspecified atom stereocenters. The molecule has 164 valence electrons. The van der Waals surface area contributed by atoms with E-state index in [1.165, 1.54) is 11.5 Å². The Labute approximate surface area is 200 Å². The molecule has 0 atom stereocenters. The molecule has 34 heavy (non-hydrogen) atoms. The van der Waals surface area contributed by atoms with E-state index in [1.807, 2.05) is 42.5 Å². The van der Waals surface area contributed by atoms with Crippen molar-refractivity contribution < 1.29 is 14.4 Å². The Morgan fingerprint density at radius 2 is 0.853 bits per heavy atom. The van der Waals surface area contributed by atoms with Crippen molar-refractivity contribution in [1.29, 1.82) is 0 Å². The zero-order valence-electron chi connectivity index (χ0n) is 17.2. The van der Waals surface area contributed by atoms with Gasteiger partial charge in [-0.15, -0.1) is 0 Å².